The van der Waals surface area contributed by atoms with Gasteiger partial charge in [-0.1, -0.05) is 79.7 Å². The van der Waals surface area contributed by atoms with Crippen molar-refractivity contribution in [3.63, 3.8) is 0 Å². The molecule has 0 spiro atoms. The number of carboxylic acid groups (broad SMARTS) is 1. The zero-order valence-corrected chi connectivity index (χ0v) is 63.8. The van der Waals surface area contributed by atoms with E-state index < -0.39 is 29.8 Å². The number of ether oxygens (including phenoxy) is 10. The summed E-state index contributed by atoms with van der Waals surface area (Å²) < 4.78 is 53.6. The molecule has 0 bridgehead atoms. The van der Waals surface area contributed by atoms with Gasteiger partial charge in [-0.2, -0.15) is 25.7 Å². The molecule has 3 heterocycles. The first kappa shape index (κ1) is 88.6. The third-order valence-corrected chi connectivity index (χ3v) is 17.3. The van der Waals surface area contributed by atoms with Crippen LogP contribution in [0.5, 0.6) is 0 Å². The van der Waals surface area contributed by atoms with Crippen molar-refractivity contribution in [3.8, 4) is 6.07 Å². The third kappa shape index (κ3) is 33.1. The summed E-state index contributed by atoms with van der Waals surface area (Å²) in [5.41, 5.74) is 9.70. The van der Waals surface area contributed by atoms with Gasteiger partial charge in [-0.05, 0) is 103 Å². The molecule has 1 saturated heterocycles. The number of azo groups is 2. The average molecular weight is 1490 g/mol. The number of rotatable bonds is 46. The SMILES string of the molecule is C=CCC1CC(=O)OC1=O.[C-]#[N+]c1c(N=Nc2ccc(N(CCOCCOCCOCCOCCOC(=O)CC(CC=C)C(=O)[O-])Cc3ccccc3)cc2C)sc(C#N)c1C.[C-]#[N+]c1sc(N=Nc2ccc(N(CCOCCOCCOCCOCCO)Cc3ccccc3)cc2C)c([N+]#[C-])c1C.[Na+]. The van der Waals surface area contributed by atoms with Crippen molar-refractivity contribution < 1.29 is 106 Å². The summed E-state index contributed by atoms with van der Waals surface area (Å²) in [6.07, 6.45) is 3.66. The molecule has 1 N–H and O–H groups in total. The van der Waals surface area contributed by atoms with E-state index in [0.717, 1.165) is 34.6 Å². The summed E-state index contributed by atoms with van der Waals surface area (Å²) in [5.74, 6) is -3.98. The van der Waals surface area contributed by atoms with Crippen LogP contribution in [-0.2, 0) is 79.6 Å². The number of aliphatic carboxylic acids is 1. The zero-order chi connectivity index (χ0) is 75.1. The van der Waals surface area contributed by atoms with Crippen molar-refractivity contribution in [1.82, 2.24) is 0 Å². The number of carbonyl (C=O) groups excluding carboxylic acids is 4. The van der Waals surface area contributed by atoms with Gasteiger partial charge in [-0.15, -0.1) is 35.8 Å². The normalized spacial score (nSPS) is 12.5. The maximum atomic E-state index is 11.7. The molecule has 105 heavy (non-hydrogen) atoms. The van der Waals surface area contributed by atoms with Crippen molar-refractivity contribution in [1.29, 1.82) is 5.26 Å². The number of aliphatic hydroxyl groups excluding tert-OH is 1. The second-order valence-electron chi connectivity index (χ2n) is 22.8. The van der Waals surface area contributed by atoms with Crippen LogP contribution >= 0.6 is 22.7 Å². The van der Waals surface area contributed by atoms with Crippen LogP contribution in [0.1, 0.15) is 63.9 Å². The van der Waals surface area contributed by atoms with Gasteiger partial charge in [0.2, 0.25) is 16.4 Å². The molecule has 29 heteroatoms. The van der Waals surface area contributed by atoms with E-state index in [2.05, 4.69) is 105 Å². The molecule has 1 fully saturated rings. The Bertz CT molecular complexity index is 3910. The van der Waals surface area contributed by atoms with Crippen molar-refractivity contribution in [3.05, 3.63) is 195 Å². The maximum Gasteiger partial charge on any atom is 1.00 e. The predicted molar refractivity (Wildman–Crippen MR) is 394 cm³/mol. The van der Waals surface area contributed by atoms with Crippen molar-refractivity contribution in [2.75, 3.05) is 142 Å². The van der Waals surface area contributed by atoms with Gasteiger partial charge < -0.3 is 72.2 Å². The first-order valence-corrected chi connectivity index (χ1v) is 35.2. The summed E-state index contributed by atoms with van der Waals surface area (Å²) >= 11 is 2.36. The number of anilines is 2. The zero-order valence-electron chi connectivity index (χ0n) is 60.2. The maximum absolute atomic E-state index is 11.7. The number of aryl methyl sites for hydroxylation is 2. The minimum atomic E-state index is -1.31. The Balaban J connectivity index is 0.000000394. The van der Waals surface area contributed by atoms with E-state index in [0.29, 0.717) is 179 Å². The molecule has 2 aromatic heterocycles. The number of allylic oxidation sites excluding steroid dienone is 2. The van der Waals surface area contributed by atoms with Crippen molar-refractivity contribution in [2.24, 2.45) is 32.3 Å². The molecule has 0 saturated carbocycles. The summed E-state index contributed by atoms with van der Waals surface area (Å²) in [6.45, 7) is 46.1. The van der Waals surface area contributed by atoms with Crippen LogP contribution in [0.15, 0.2) is 143 Å². The van der Waals surface area contributed by atoms with E-state index in [9.17, 15) is 29.5 Å². The van der Waals surface area contributed by atoms with E-state index >= 15 is 0 Å². The molecule has 26 nitrogen and oxygen atoms in total. The molecule has 0 aliphatic carbocycles. The first-order valence-electron chi connectivity index (χ1n) is 33.5. The largest absolute Gasteiger partial charge is 1.00 e. The van der Waals surface area contributed by atoms with E-state index in [1.807, 2.05) is 74.5 Å². The molecular weight excluding hydrogens is 1400 g/mol. The molecule has 4 aromatic carbocycles. The van der Waals surface area contributed by atoms with Gasteiger partial charge in [0.05, 0.1) is 167 Å². The quantitative estimate of drug-likeness (QED) is 0.00706. The predicted octanol–water partition coefficient (Wildman–Crippen LogP) is 10.8. The second kappa shape index (κ2) is 52.2. The molecule has 6 aromatic rings. The summed E-state index contributed by atoms with van der Waals surface area (Å²) in [6, 6.07) is 34.6. The van der Waals surface area contributed by atoms with Gasteiger partial charge in [-0.25, -0.2) is 14.5 Å². The number of cyclic esters (lactones) is 2. The number of carboxylic acids is 1. The molecule has 7 rings (SSSR count). The van der Waals surface area contributed by atoms with Crippen LogP contribution in [0.4, 0.5) is 49.1 Å². The summed E-state index contributed by atoms with van der Waals surface area (Å²) in [4.78, 5) is 59.4. The monoisotopic (exact) mass is 1480 g/mol. The van der Waals surface area contributed by atoms with Crippen LogP contribution in [0.2, 0.25) is 0 Å². The number of carbonyl (C=O) groups is 4. The number of aliphatic hydroxyl groups is 1. The van der Waals surface area contributed by atoms with E-state index in [4.69, 9.17) is 67.5 Å². The van der Waals surface area contributed by atoms with Gasteiger partial charge in [0.25, 0.3) is 0 Å². The molecule has 2 unspecified atom stereocenters. The van der Waals surface area contributed by atoms with Gasteiger partial charge in [-0.3, -0.25) is 14.4 Å². The van der Waals surface area contributed by atoms with Gasteiger partial charge in [0.15, 0.2) is 0 Å². The summed E-state index contributed by atoms with van der Waals surface area (Å²) in [5, 5.41) is 47.8. The minimum Gasteiger partial charge on any atom is -0.550 e. The Labute approximate surface area is 644 Å². The molecule has 2 atom stereocenters. The third-order valence-electron chi connectivity index (χ3n) is 15.2. The van der Waals surface area contributed by atoms with Crippen molar-refractivity contribution >= 4 is 95.7 Å². The number of benzene rings is 4. The van der Waals surface area contributed by atoms with Gasteiger partial charge in [0, 0.05) is 49.4 Å². The van der Waals surface area contributed by atoms with E-state index in [1.54, 1.807) is 19.9 Å². The molecule has 1 aliphatic heterocycles. The number of nitrogens with zero attached hydrogens (tertiary/aromatic N) is 10. The molecule has 0 radical (unpaired) electrons. The number of thiophene rings is 2. The Kier molecular flexibility index (Phi) is 44.1. The number of hydrogen-bond acceptors (Lipinski definition) is 25. The average Bonchev–Trinajstić information content (AvgIpc) is 1.80. The number of nitriles is 1. The first-order chi connectivity index (χ1) is 50.6. The van der Waals surface area contributed by atoms with Gasteiger partial charge in [0.1, 0.15) is 22.7 Å². The van der Waals surface area contributed by atoms with E-state index in [1.165, 1.54) is 34.3 Å². The fraction of sp³-hybridized carbons (Fsp3) is 0.421. The standard InChI is InChI=1S/C38H45N5O8S.C31H37N5O5S.C7H8O3.Na/c1-5-9-31(38(45)46)25-35(44)51-23-22-50-21-20-49-19-18-48-17-16-47-15-14-43(27-30-10-7-6-8-11-30)32-12-13-33(28(2)24-32)41-42-37-36(40-4)29(3)34(26-39)52-37;1-24-22-27(10-11-28(24)34-35-31-29(32-3)25(2)30(33-4)42-31)36(23-26-8-6-5-7-9-26)12-14-38-16-18-40-20-21-41-19-17-39-15-13-37;1-2-3-5-4-6(8)10-7(5)9;/h5-8,10-13,24,31H,1,9,14-23,25,27H2,2-3H3,(H,45,46);5-11,22,37H,12-21,23H2,1-2H3;2,5H,1,3-4H2;/q;;;+1/p-1. The van der Waals surface area contributed by atoms with Crippen LogP contribution < -0.4 is 44.5 Å². The van der Waals surface area contributed by atoms with Crippen molar-refractivity contribution in [2.45, 2.75) is 66.5 Å². The Morgan fingerprint density at radius 2 is 1.07 bits per heavy atom. The van der Waals surface area contributed by atoms with Crippen LogP contribution in [0, 0.1) is 70.6 Å². The number of esters is 3. The number of hydrogen-bond donors (Lipinski definition) is 1. The van der Waals surface area contributed by atoms with Crippen LogP contribution in [-0.4, -0.2) is 161 Å². The minimum absolute atomic E-state index is 0. The summed E-state index contributed by atoms with van der Waals surface area (Å²) in [7, 11) is 0. The van der Waals surface area contributed by atoms with E-state index in [-0.39, 0.29) is 74.6 Å². The Morgan fingerprint density at radius 3 is 1.46 bits per heavy atom. The van der Waals surface area contributed by atoms with Gasteiger partial charge >= 0.3 is 47.5 Å². The fourth-order valence-electron chi connectivity index (χ4n) is 9.66. The molecular formula is C76H89N10NaO16S2. The topological polar surface area (TPSA) is 297 Å². The Morgan fingerprint density at radius 1 is 0.629 bits per heavy atom. The second-order valence-corrected chi connectivity index (χ2v) is 24.8. The van der Waals surface area contributed by atoms with Crippen LogP contribution in [0.25, 0.3) is 14.5 Å². The fourth-order valence-corrected chi connectivity index (χ4v) is 11.4. The van der Waals surface area contributed by atoms with Crippen LogP contribution in [0.3, 0.4) is 0 Å². The smallest absolute Gasteiger partial charge is 0.550 e. The molecule has 1 aliphatic rings. The molecule has 552 valence electrons. The Hall–Kier alpha value is -8.76. The molecule has 0 amide bonds.